The lowest BCUT2D eigenvalue weighted by Gasteiger charge is -2.22. The second kappa shape index (κ2) is 7.66. The van der Waals surface area contributed by atoms with Gasteiger partial charge in [0.25, 0.3) is 0 Å². The first-order valence-electron chi connectivity index (χ1n) is 8.38. The molecule has 0 amide bonds. The predicted molar refractivity (Wildman–Crippen MR) is 101 cm³/mol. The molecule has 0 spiro atoms. The van der Waals surface area contributed by atoms with E-state index in [1.54, 1.807) is 24.4 Å². The van der Waals surface area contributed by atoms with Crippen molar-refractivity contribution in [1.29, 1.82) is 5.26 Å². The highest BCUT2D eigenvalue weighted by atomic mass is 16.1. The van der Waals surface area contributed by atoms with Crippen molar-refractivity contribution < 1.29 is 4.79 Å². The van der Waals surface area contributed by atoms with E-state index < -0.39 is 0 Å². The topological polar surface area (TPSA) is 61.9 Å². The van der Waals surface area contributed by atoms with E-state index in [4.69, 9.17) is 5.26 Å². The molecule has 0 aliphatic carbocycles. The Morgan fingerprint density at radius 3 is 2.69 bits per heavy atom. The Kier molecular flexibility index (Phi) is 5.14. The molecular formula is C21H20N4O. The van der Waals surface area contributed by atoms with Gasteiger partial charge in [0.2, 0.25) is 0 Å². The van der Waals surface area contributed by atoms with Crippen molar-refractivity contribution in [1.82, 2.24) is 9.55 Å². The summed E-state index contributed by atoms with van der Waals surface area (Å²) in [6.07, 6.45) is 3.73. The monoisotopic (exact) mass is 344 g/mol. The predicted octanol–water partition coefficient (Wildman–Crippen LogP) is 3.64. The highest BCUT2D eigenvalue weighted by Gasteiger charge is 2.14. The first-order valence-corrected chi connectivity index (χ1v) is 8.38. The van der Waals surface area contributed by atoms with Crippen LogP contribution in [0.5, 0.6) is 0 Å². The van der Waals surface area contributed by atoms with Crippen molar-refractivity contribution in [2.24, 2.45) is 0 Å². The van der Waals surface area contributed by atoms with Gasteiger partial charge in [-0.2, -0.15) is 5.26 Å². The number of nitriles is 1. The molecule has 0 aliphatic rings. The molecule has 130 valence electrons. The van der Waals surface area contributed by atoms with Crippen molar-refractivity contribution in [3.63, 3.8) is 0 Å². The lowest BCUT2D eigenvalue weighted by molar-refractivity contribution is 0.101. The van der Waals surface area contributed by atoms with Gasteiger partial charge < -0.3 is 9.47 Å². The maximum Gasteiger partial charge on any atom is 0.161 e. The fourth-order valence-corrected chi connectivity index (χ4v) is 2.93. The van der Waals surface area contributed by atoms with E-state index in [1.165, 1.54) is 12.5 Å². The van der Waals surface area contributed by atoms with Crippen LogP contribution in [-0.4, -0.2) is 22.4 Å². The SMILES string of the molecule is CC(=O)c1ccc(C#N)cc1N(C)Cc1nccn1Cc1ccccc1. The Morgan fingerprint density at radius 2 is 2.00 bits per heavy atom. The number of imidazole rings is 1. The van der Waals surface area contributed by atoms with E-state index >= 15 is 0 Å². The maximum absolute atomic E-state index is 12.0. The Bertz CT molecular complexity index is 954. The molecule has 3 rings (SSSR count). The average molecular weight is 344 g/mol. The maximum atomic E-state index is 12.0. The summed E-state index contributed by atoms with van der Waals surface area (Å²) in [4.78, 5) is 18.4. The van der Waals surface area contributed by atoms with E-state index in [-0.39, 0.29) is 5.78 Å². The second-order valence-electron chi connectivity index (χ2n) is 6.21. The summed E-state index contributed by atoms with van der Waals surface area (Å²) < 4.78 is 2.09. The Balaban J connectivity index is 1.85. The third kappa shape index (κ3) is 3.81. The molecule has 0 aliphatic heterocycles. The summed E-state index contributed by atoms with van der Waals surface area (Å²) in [5, 5.41) is 9.17. The minimum Gasteiger partial charge on any atom is -0.366 e. The number of ketones is 1. The summed E-state index contributed by atoms with van der Waals surface area (Å²) in [5.41, 5.74) is 3.08. The second-order valence-corrected chi connectivity index (χ2v) is 6.21. The summed E-state index contributed by atoms with van der Waals surface area (Å²) in [7, 11) is 1.91. The van der Waals surface area contributed by atoms with Gasteiger partial charge in [0.1, 0.15) is 5.82 Å². The van der Waals surface area contributed by atoms with E-state index in [2.05, 4.69) is 27.8 Å². The van der Waals surface area contributed by atoms with Crippen molar-refractivity contribution in [3.8, 4) is 6.07 Å². The molecular weight excluding hydrogens is 324 g/mol. The van der Waals surface area contributed by atoms with Crippen LogP contribution in [0.2, 0.25) is 0 Å². The molecule has 3 aromatic rings. The third-order valence-corrected chi connectivity index (χ3v) is 4.29. The van der Waals surface area contributed by atoms with Crippen LogP contribution < -0.4 is 4.90 Å². The average Bonchev–Trinajstić information content (AvgIpc) is 3.08. The van der Waals surface area contributed by atoms with Crippen LogP contribution in [0, 0.1) is 11.3 Å². The van der Waals surface area contributed by atoms with Crippen LogP contribution in [0.4, 0.5) is 5.69 Å². The number of benzene rings is 2. The zero-order valence-electron chi connectivity index (χ0n) is 14.9. The van der Waals surface area contributed by atoms with Crippen LogP contribution in [0.3, 0.4) is 0 Å². The fraction of sp³-hybridized carbons (Fsp3) is 0.190. The van der Waals surface area contributed by atoms with Crippen LogP contribution in [0.1, 0.15) is 34.2 Å². The van der Waals surface area contributed by atoms with Crippen LogP contribution >= 0.6 is 0 Å². The van der Waals surface area contributed by atoms with Gasteiger partial charge in [-0.05, 0) is 30.7 Å². The number of carbonyl (C=O) groups is 1. The smallest absolute Gasteiger partial charge is 0.161 e. The number of nitrogens with zero attached hydrogens (tertiary/aromatic N) is 4. The molecule has 5 heteroatoms. The van der Waals surface area contributed by atoms with Crippen LogP contribution in [-0.2, 0) is 13.1 Å². The molecule has 0 fully saturated rings. The highest BCUT2D eigenvalue weighted by molar-refractivity contribution is 5.99. The van der Waals surface area contributed by atoms with Gasteiger partial charge >= 0.3 is 0 Å². The van der Waals surface area contributed by atoms with E-state index in [0.29, 0.717) is 17.7 Å². The zero-order chi connectivity index (χ0) is 18.5. The Labute approximate surface area is 153 Å². The molecule has 1 aromatic heterocycles. The standard InChI is InChI=1S/C21H20N4O/c1-16(26)19-9-8-18(13-22)12-20(19)24(2)15-21-23-10-11-25(21)14-17-6-4-3-5-7-17/h3-12H,14-15H2,1-2H3. The van der Waals surface area contributed by atoms with E-state index in [0.717, 1.165) is 18.1 Å². The van der Waals surface area contributed by atoms with Gasteiger partial charge in [-0.25, -0.2) is 4.98 Å². The molecule has 5 nitrogen and oxygen atoms in total. The molecule has 0 radical (unpaired) electrons. The minimum absolute atomic E-state index is 0.0241. The highest BCUT2D eigenvalue weighted by Crippen LogP contribution is 2.23. The molecule has 26 heavy (non-hydrogen) atoms. The van der Waals surface area contributed by atoms with Gasteiger partial charge in [-0.3, -0.25) is 4.79 Å². The lowest BCUT2D eigenvalue weighted by Crippen LogP contribution is -2.22. The first-order chi connectivity index (χ1) is 12.6. The molecule has 0 saturated carbocycles. The number of hydrogen-bond acceptors (Lipinski definition) is 4. The Morgan fingerprint density at radius 1 is 1.23 bits per heavy atom. The number of anilines is 1. The summed E-state index contributed by atoms with van der Waals surface area (Å²) >= 11 is 0. The molecule has 0 saturated heterocycles. The number of Topliss-reactive ketones (excluding diaryl/α,β-unsaturated/α-hetero) is 1. The summed E-state index contributed by atoms with van der Waals surface area (Å²) in [6, 6.07) is 17.5. The minimum atomic E-state index is -0.0241. The number of aromatic nitrogens is 2. The quantitative estimate of drug-likeness (QED) is 0.641. The van der Waals surface area contributed by atoms with E-state index in [9.17, 15) is 4.79 Å². The molecule has 1 heterocycles. The third-order valence-electron chi connectivity index (χ3n) is 4.29. The van der Waals surface area contributed by atoms with Crippen molar-refractivity contribution in [3.05, 3.63) is 83.4 Å². The molecule has 0 bridgehead atoms. The van der Waals surface area contributed by atoms with Gasteiger partial charge in [0.15, 0.2) is 5.78 Å². The van der Waals surface area contributed by atoms with Gasteiger partial charge in [-0.15, -0.1) is 0 Å². The van der Waals surface area contributed by atoms with Crippen molar-refractivity contribution in [2.45, 2.75) is 20.0 Å². The number of hydrogen-bond donors (Lipinski definition) is 0. The normalized spacial score (nSPS) is 10.3. The fourth-order valence-electron chi connectivity index (χ4n) is 2.93. The van der Waals surface area contributed by atoms with Crippen LogP contribution in [0.25, 0.3) is 0 Å². The zero-order valence-corrected chi connectivity index (χ0v) is 14.9. The lowest BCUT2D eigenvalue weighted by atomic mass is 10.1. The molecule has 0 unspecified atom stereocenters. The summed E-state index contributed by atoms with van der Waals surface area (Å²) in [5.74, 6) is 0.872. The Hall–Kier alpha value is -3.39. The van der Waals surface area contributed by atoms with Crippen LogP contribution in [0.15, 0.2) is 60.9 Å². The van der Waals surface area contributed by atoms with Gasteiger partial charge in [0.05, 0.1) is 18.2 Å². The summed E-state index contributed by atoms with van der Waals surface area (Å²) in [6.45, 7) is 2.81. The largest absolute Gasteiger partial charge is 0.366 e. The van der Waals surface area contributed by atoms with E-state index in [1.807, 2.05) is 36.3 Å². The van der Waals surface area contributed by atoms with Gasteiger partial charge in [-0.1, -0.05) is 30.3 Å². The molecule has 0 atom stereocenters. The molecule has 0 N–H and O–H groups in total. The number of carbonyl (C=O) groups excluding carboxylic acids is 1. The van der Waals surface area contributed by atoms with Crippen molar-refractivity contribution in [2.75, 3.05) is 11.9 Å². The molecule has 2 aromatic carbocycles. The van der Waals surface area contributed by atoms with Crippen molar-refractivity contribution >= 4 is 11.5 Å². The van der Waals surface area contributed by atoms with Gasteiger partial charge in [0, 0.05) is 37.2 Å². The number of rotatable bonds is 6. The first kappa shape index (κ1) is 17.4.